The zero-order chi connectivity index (χ0) is 15.0. The lowest BCUT2D eigenvalue weighted by molar-refractivity contribution is 0.393. The molecule has 1 saturated heterocycles. The largest absolute Gasteiger partial charge is 0.497 e. The molecule has 0 unspecified atom stereocenters. The maximum atomic E-state index is 12.4. The number of nitrogens with zero attached hydrogens (tertiary/aromatic N) is 1. The van der Waals surface area contributed by atoms with Gasteiger partial charge < -0.3 is 4.74 Å². The molecular weight excluding hydrogens is 302 g/mol. The summed E-state index contributed by atoms with van der Waals surface area (Å²) >= 11 is 0. The van der Waals surface area contributed by atoms with Gasteiger partial charge in [-0.25, -0.2) is 16.8 Å². The molecule has 1 aliphatic heterocycles. The second-order valence-corrected chi connectivity index (χ2v) is 8.98. The highest BCUT2D eigenvalue weighted by Gasteiger charge is 2.36. The molecule has 0 aromatic heterocycles. The Morgan fingerprint density at radius 3 is 2.30 bits per heavy atom. The number of methoxy groups -OCH3 is 1. The van der Waals surface area contributed by atoms with E-state index in [-0.39, 0.29) is 16.4 Å². The van der Waals surface area contributed by atoms with Crippen LogP contribution in [-0.2, 0) is 19.9 Å². The summed E-state index contributed by atoms with van der Waals surface area (Å²) in [5.41, 5.74) is 0. The van der Waals surface area contributed by atoms with E-state index < -0.39 is 25.9 Å². The Hall–Kier alpha value is -1.12. The number of benzene rings is 1. The molecule has 1 aromatic carbocycles. The molecule has 1 heterocycles. The second kappa shape index (κ2) is 5.34. The molecule has 2 rings (SSSR count). The Morgan fingerprint density at radius 1 is 1.25 bits per heavy atom. The van der Waals surface area contributed by atoms with Gasteiger partial charge in [0.15, 0.2) is 9.84 Å². The monoisotopic (exact) mass is 319 g/mol. The van der Waals surface area contributed by atoms with Gasteiger partial charge in [-0.1, -0.05) is 0 Å². The molecule has 20 heavy (non-hydrogen) atoms. The van der Waals surface area contributed by atoms with Gasteiger partial charge in [0.25, 0.3) is 0 Å². The third-order valence-corrected chi connectivity index (χ3v) is 7.13. The minimum atomic E-state index is -3.68. The normalized spacial score (nSPS) is 22.1. The molecule has 0 amide bonds. The maximum absolute atomic E-state index is 12.4. The van der Waals surface area contributed by atoms with Gasteiger partial charge in [0.2, 0.25) is 10.0 Å². The smallest absolute Gasteiger partial charge is 0.243 e. The molecular formula is C12H17NO5S2. The van der Waals surface area contributed by atoms with Crippen molar-refractivity contribution < 1.29 is 21.6 Å². The van der Waals surface area contributed by atoms with Crippen molar-refractivity contribution in [1.29, 1.82) is 0 Å². The zero-order valence-corrected chi connectivity index (χ0v) is 12.9. The van der Waals surface area contributed by atoms with Crippen LogP contribution in [-0.4, -0.2) is 52.8 Å². The van der Waals surface area contributed by atoms with Crippen molar-refractivity contribution in [3.8, 4) is 5.75 Å². The number of sulfone groups is 1. The highest BCUT2D eigenvalue weighted by atomic mass is 32.2. The standard InChI is InChI=1S/C12H17NO5S2/c1-13(10-7-8-19(14,15)9-10)20(16,17)12-5-3-11(18-2)4-6-12/h3-6,10H,7-9H2,1-2H3/t10-/m1/s1. The number of hydrogen-bond donors (Lipinski definition) is 0. The summed E-state index contributed by atoms with van der Waals surface area (Å²) in [6.07, 6.45) is 0.341. The maximum Gasteiger partial charge on any atom is 0.243 e. The lowest BCUT2D eigenvalue weighted by atomic mass is 10.3. The summed E-state index contributed by atoms with van der Waals surface area (Å²) < 4.78 is 53.9. The highest BCUT2D eigenvalue weighted by molar-refractivity contribution is 7.92. The molecule has 0 aliphatic carbocycles. The summed E-state index contributed by atoms with van der Waals surface area (Å²) in [5.74, 6) is 0.494. The van der Waals surface area contributed by atoms with E-state index in [0.29, 0.717) is 12.2 Å². The van der Waals surface area contributed by atoms with Crippen molar-refractivity contribution in [2.75, 3.05) is 25.7 Å². The van der Waals surface area contributed by atoms with Crippen LogP contribution in [0, 0.1) is 0 Å². The van der Waals surface area contributed by atoms with Gasteiger partial charge in [-0.05, 0) is 30.7 Å². The van der Waals surface area contributed by atoms with Crippen LogP contribution >= 0.6 is 0 Å². The molecule has 8 heteroatoms. The number of rotatable bonds is 4. The lowest BCUT2D eigenvalue weighted by Crippen LogP contribution is -2.37. The van der Waals surface area contributed by atoms with E-state index in [1.807, 2.05) is 0 Å². The second-order valence-electron chi connectivity index (χ2n) is 4.75. The molecule has 0 radical (unpaired) electrons. The SMILES string of the molecule is COc1ccc(S(=O)(=O)N(C)[C@@H]2CCS(=O)(=O)C2)cc1. The van der Waals surface area contributed by atoms with Gasteiger partial charge in [0.05, 0.1) is 23.5 Å². The minimum absolute atomic E-state index is 0.0418. The Bertz CT molecular complexity index is 679. The van der Waals surface area contributed by atoms with Gasteiger partial charge >= 0.3 is 0 Å². The summed E-state index contributed by atoms with van der Waals surface area (Å²) in [5, 5.41) is 0. The van der Waals surface area contributed by atoms with Gasteiger partial charge in [-0.15, -0.1) is 0 Å². The Labute approximate surface area is 119 Å². The molecule has 6 nitrogen and oxygen atoms in total. The predicted molar refractivity (Wildman–Crippen MR) is 75.0 cm³/mol. The van der Waals surface area contributed by atoms with Crippen LogP contribution in [0.25, 0.3) is 0 Å². The molecule has 1 fully saturated rings. The number of ether oxygens (including phenoxy) is 1. The topological polar surface area (TPSA) is 80.8 Å². The van der Waals surface area contributed by atoms with Crippen molar-refractivity contribution >= 4 is 19.9 Å². The molecule has 0 N–H and O–H groups in total. The van der Waals surface area contributed by atoms with Crippen molar-refractivity contribution in [2.45, 2.75) is 17.4 Å². The van der Waals surface area contributed by atoms with Crippen LogP contribution in [0.15, 0.2) is 29.2 Å². The zero-order valence-electron chi connectivity index (χ0n) is 11.3. The third-order valence-electron chi connectivity index (χ3n) is 3.46. The summed E-state index contributed by atoms with van der Waals surface area (Å²) in [6.45, 7) is 0. The average molecular weight is 319 g/mol. The van der Waals surface area contributed by atoms with Crippen LogP contribution in [0.3, 0.4) is 0 Å². The van der Waals surface area contributed by atoms with E-state index in [2.05, 4.69) is 0 Å². The van der Waals surface area contributed by atoms with Crippen molar-refractivity contribution in [3.05, 3.63) is 24.3 Å². The van der Waals surface area contributed by atoms with Gasteiger partial charge in [0.1, 0.15) is 5.75 Å². The first-order valence-electron chi connectivity index (χ1n) is 6.09. The first-order valence-corrected chi connectivity index (χ1v) is 9.35. The Morgan fingerprint density at radius 2 is 1.85 bits per heavy atom. The fourth-order valence-electron chi connectivity index (χ4n) is 2.17. The van der Waals surface area contributed by atoms with E-state index >= 15 is 0 Å². The van der Waals surface area contributed by atoms with E-state index in [1.165, 1.54) is 26.3 Å². The molecule has 1 aromatic rings. The average Bonchev–Trinajstić information content (AvgIpc) is 2.78. The van der Waals surface area contributed by atoms with Gasteiger partial charge in [0, 0.05) is 13.1 Å². The molecule has 1 aliphatic rings. The number of hydrogen-bond acceptors (Lipinski definition) is 5. The van der Waals surface area contributed by atoms with E-state index in [0.717, 1.165) is 4.31 Å². The molecule has 0 bridgehead atoms. The molecule has 0 spiro atoms. The van der Waals surface area contributed by atoms with Crippen LogP contribution < -0.4 is 4.74 Å². The number of sulfonamides is 1. The van der Waals surface area contributed by atoms with Gasteiger partial charge in [-0.3, -0.25) is 0 Å². The van der Waals surface area contributed by atoms with Crippen LogP contribution in [0.1, 0.15) is 6.42 Å². The summed E-state index contributed by atoms with van der Waals surface area (Å²) in [4.78, 5) is 0.130. The van der Waals surface area contributed by atoms with Crippen molar-refractivity contribution in [3.63, 3.8) is 0 Å². The lowest BCUT2D eigenvalue weighted by Gasteiger charge is -2.22. The Balaban J connectivity index is 2.25. The quantitative estimate of drug-likeness (QED) is 0.807. The van der Waals surface area contributed by atoms with Gasteiger partial charge in [-0.2, -0.15) is 4.31 Å². The summed E-state index contributed by atoms with van der Waals surface area (Å²) in [6, 6.07) is 5.53. The van der Waals surface area contributed by atoms with Crippen LogP contribution in [0.2, 0.25) is 0 Å². The highest BCUT2D eigenvalue weighted by Crippen LogP contribution is 2.24. The van der Waals surface area contributed by atoms with Crippen molar-refractivity contribution in [2.24, 2.45) is 0 Å². The molecule has 0 saturated carbocycles. The third kappa shape index (κ3) is 2.97. The van der Waals surface area contributed by atoms with Crippen LogP contribution in [0.5, 0.6) is 5.75 Å². The Kier molecular flexibility index (Phi) is 4.08. The fraction of sp³-hybridized carbons (Fsp3) is 0.500. The first-order chi connectivity index (χ1) is 9.26. The first kappa shape index (κ1) is 15.3. The predicted octanol–water partition coefficient (Wildman–Crippen LogP) is 0.503. The van der Waals surface area contributed by atoms with E-state index in [9.17, 15) is 16.8 Å². The van der Waals surface area contributed by atoms with E-state index in [1.54, 1.807) is 12.1 Å². The summed E-state index contributed by atoms with van der Waals surface area (Å²) in [7, 11) is -3.88. The van der Waals surface area contributed by atoms with E-state index in [4.69, 9.17) is 4.74 Å². The fourth-order valence-corrected chi connectivity index (χ4v) is 5.43. The molecule has 1 atom stereocenters. The minimum Gasteiger partial charge on any atom is -0.497 e. The van der Waals surface area contributed by atoms with Crippen molar-refractivity contribution in [1.82, 2.24) is 4.31 Å². The molecule has 112 valence electrons. The van der Waals surface area contributed by atoms with Crippen LogP contribution in [0.4, 0.5) is 0 Å².